The molecule has 118 valence electrons. The lowest BCUT2D eigenvalue weighted by molar-refractivity contribution is 0.386. The van der Waals surface area contributed by atoms with Crippen molar-refractivity contribution in [2.75, 3.05) is 14.2 Å². The minimum atomic E-state index is -0.315. The largest absolute Gasteiger partial charge is 0.496 e. The molecule has 0 radical (unpaired) electrons. The molecular formula is C20H19FO2. The summed E-state index contributed by atoms with van der Waals surface area (Å²) in [7, 11) is 3.16. The van der Waals surface area contributed by atoms with Gasteiger partial charge in [0.25, 0.3) is 0 Å². The minimum Gasteiger partial charge on any atom is -0.496 e. The summed E-state index contributed by atoms with van der Waals surface area (Å²) in [4.78, 5) is 0. The van der Waals surface area contributed by atoms with Gasteiger partial charge < -0.3 is 9.47 Å². The molecule has 3 aromatic rings. The van der Waals surface area contributed by atoms with Crippen molar-refractivity contribution in [1.82, 2.24) is 0 Å². The van der Waals surface area contributed by atoms with Crippen LogP contribution in [0.2, 0.25) is 0 Å². The van der Waals surface area contributed by atoms with Gasteiger partial charge >= 0.3 is 0 Å². The van der Waals surface area contributed by atoms with Gasteiger partial charge in [0.1, 0.15) is 5.75 Å². The highest BCUT2D eigenvalue weighted by molar-refractivity contribution is 5.91. The fraction of sp³-hybridized carbons (Fsp3) is 0.200. The van der Waals surface area contributed by atoms with Crippen LogP contribution in [0, 0.1) is 5.82 Å². The second-order valence-electron chi connectivity index (χ2n) is 5.44. The van der Waals surface area contributed by atoms with Crippen molar-refractivity contribution >= 4 is 10.8 Å². The molecule has 0 atom stereocenters. The van der Waals surface area contributed by atoms with E-state index in [1.807, 2.05) is 24.3 Å². The first-order valence-corrected chi connectivity index (χ1v) is 7.60. The van der Waals surface area contributed by atoms with E-state index in [0.29, 0.717) is 0 Å². The van der Waals surface area contributed by atoms with Crippen molar-refractivity contribution in [2.24, 2.45) is 0 Å². The highest BCUT2D eigenvalue weighted by Gasteiger charge is 2.08. The van der Waals surface area contributed by atoms with E-state index in [1.165, 1.54) is 18.1 Å². The van der Waals surface area contributed by atoms with E-state index in [2.05, 4.69) is 18.2 Å². The first-order chi connectivity index (χ1) is 11.2. The fourth-order valence-corrected chi connectivity index (χ4v) is 2.87. The molecule has 0 aliphatic heterocycles. The summed E-state index contributed by atoms with van der Waals surface area (Å²) in [6, 6.07) is 17.4. The van der Waals surface area contributed by atoms with E-state index in [9.17, 15) is 4.39 Å². The summed E-state index contributed by atoms with van der Waals surface area (Å²) in [5.74, 6) is 0.841. The highest BCUT2D eigenvalue weighted by atomic mass is 19.1. The number of halogens is 1. The van der Waals surface area contributed by atoms with E-state index in [1.54, 1.807) is 19.2 Å². The summed E-state index contributed by atoms with van der Waals surface area (Å²) in [5.41, 5.74) is 2.20. The normalized spacial score (nSPS) is 10.7. The Bertz CT molecular complexity index is 827. The summed E-state index contributed by atoms with van der Waals surface area (Å²) in [6.45, 7) is 0. The van der Waals surface area contributed by atoms with E-state index in [0.717, 1.165) is 29.5 Å². The van der Waals surface area contributed by atoms with Crippen LogP contribution in [0.1, 0.15) is 11.1 Å². The molecule has 0 fully saturated rings. The zero-order valence-electron chi connectivity index (χ0n) is 13.3. The van der Waals surface area contributed by atoms with Crippen LogP contribution in [0.15, 0.2) is 54.6 Å². The summed E-state index contributed by atoms with van der Waals surface area (Å²) < 4.78 is 24.2. The number of fused-ring (bicyclic) bond motifs is 1. The molecule has 23 heavy (non-hydrogen) atoms. The van der Waals surface area contributed by atoms with Crippen molar-refractivity contribution < 1.29 is 13.9 Å². The Morgan fingerprint density at radius 2 is 1.48 bits per heavy atom. The van der Waals surface area contributed by atoms with Crippen LogP contribution < -0.4 is 9.47 Å². The number of benzene rings is 3. The Labute approximate surface area is 135 Å². The van der Waals surface area contributed by atoms with Gasteiger partial charge in [0.2, 0.25) is 0 Å². The summed E-state index contributed by atoms with van der Waals surface area (Å²) in [6.07, 6.45) is 1.62. The van der Waals surface area contributed by atoms with Crippen LogP contribution in [0.25, 0.3) is 10.8 Å². The lowest BCUT2D eigenvalue weighted by Gasteiger charge is -2.11. The molecule has 3 aromatic carbocycles. The second-order valence-corrected chi connectivity index (χ2v) is 5.44. The molecule has 0 bridgehead atoms. The number of hydrogen-bond donors (Lipinski definition) is 0. The molecule has 0 N–H and O–H groups in total. The second kappa shape index (κ2) is 6.69. The predicted molar refractivity (Wildman–Crippen MR) is 90.9 cm³/mol. The van der Waals surface area contributed by atoms with Crippen molar-refractivity contribution in [3.05, 3.63) is 71.5 Å². The molecule has 3 heteroatoms. The number of ether oxygens (including phenoxy) is 2. The van der Waals surface area contributed by atoms with Gasteiger partial charge in [-0.1, -0.05) is 36.4 Å². The smallest absolute Gasteiger partial charge is 0.165 e. The standard InChI is InChI=1S/C20H19FO2/c1-22-19-12-10-15(16-5-3-4-6-17(16)19)9-7-14-8-11-20(23-2)18(21)13-14/h3-6,8,10-13H,7,9H2,1-2H3. The van der Waals surface area contributed by atoms with Gasteiger partial charge in [-0.05, 0) is 47.6 Å². The van der Waals surface area contributed by atoms with E-state index in [-0.39, 0.29) is 11.6 Å². The Kier molecular flexibility index (Phi) is 4.47. The number of aryl methyl sites for hydroxylation is 2. The van der Waals surface area contributed by atoms with Crippen molar-refractivity contribution in [3.63, 3.8) is 0 Å². The topological polar surface area (TPSA) is 18.5 Å². The quantitative estimate of drug-likeness (QED) is 0.675. The van der Waals surface area contributed by atoms with Gasteiger partial charge in [-0.15, -0.1) is 0 Å². The monoisotopic (exact) mass is 310 g/mol. The molecule has 3 rings (SSSR count). The third-order valence-corrected chi connectivity index (χ3v) is 4.09. The molecule has 0 aromatic heterocycles. The van der Waals surface area contributed by atoms with Gasteiger partial charge in [0, 0.05) is 5.39 Å². The zero-order valence-corrected chi connectivity index (χ0v) is 13.3. The van der Waals surface area contributed by atoms with Crippen molar-refractivity contribution in [3.8, 4) is 11.5 Å². The first-order valence-electron chi connectivity index (χ1n) is 7.60. The average Bonchev–Trinajstić information content (AvgIpc) is 2.59. The van der Waals surface area contributed by atoms with E-state index < -0.39 is 0 Å². The molecule has 0 spiro atoms. The molecule has 2 nitrogen and oxygen atoms in total. The maximum atomic E-state index is 13.8. The minimum absolute atomic E-state index is 0.281. The van der Waals surface area contributed by atoms with E-state index >= 15 is 0 Å². The molecule has 0 heterocycles. The fourth-order valence-electron chi connectivity index (χ4n) is 2.87. The zero-order chi connectivity index (χ0) is 16.2. The first kappa shape index (κ1) is 15.3. The molecular weight excluding hydrogens is 291 g/mol. The van der Waals surface area contributed by atoms with Gasteiger partial charge in [0.15, 0.2) is 11.6 Å². The third-order valence-electron chi connectivity index (χ3n) is 4.09. The van der Waals surface area contributed by atoms with Crippen LogP contribution in [0.4, 0.5) is 4.39 Å². The predicted octanol–water partition coefficient (Wildman–Crippen LogP) is 4.78. The van der Waals surface area contributed by atoms with Gasteiger partial charge in [-0.25, -0.2) is 4.39 Å². The Balaban J connectivity index is 1.86. The molecule has 0 saturated heterocycles. The molecule has 0 aliphatic carbocycles. The van der Waals surface area contributed by atoms with Crippen LogP contribution in [0.5, 0.6) is 11.5 Å². The molecule has 0 aliphatic rings. The Morgan fingerprint density at radius 1 is 0.783 bits per heavy atom. The molecule has 0 amide bonds. The maximum absolute atomic E-state index is 13.8. The highest BCUT2D eigenvalue weighted by Crippen LogP contribution is 2.29. The van der Waals surface area contributed by atoms with Crippen LogP contribution in [0.3, 0.4) is 0 Å². The summed E-state index contributed by atoms with van der Waals surface area (Å²) >= 11 is 0. The van der Waals surface area contributed by atoms with Gasteiger partial charge in [0.05, 0.1) is 14.2 Å². The lowest BCUT2D eigenvalue weighted by Crippen LogP contribution is -1.96. The lowest BCUT2D eigenvalue weighted by atomic mass is 9.98. The van der Waals surface area contributed by atoms with E-state index in [4.69, 9.17) is 9.47 Å². The summed E-state index contributed by atoms with van der Waals surface area (Å²) in [5, 5.41) is 2.29. The molecule has 0 saturated carbocycles. The maximum Gasteiger partial charge on any atom is 0.165 e. The van der Waals surface area contributed by atoms with Crippen molar-refractivity contribution in [2.45, 2.75) is 12.8 Å². The SMILES string of the molecule is COc1ccc(CCc2ccc(OC)c3ccccc23)cc1F. The van der Waals surface area contributed by atoms with Crippen LogP contribution in [-0.4, -0.2) is 14.2 Å². The van der Waals surface area contributed by atoms with Gasteiger partial charge in [-0.3, -0.25) is 0 Å². The van der Waals surface area contributed by atoms with Crippen molar-refractivity contribution in [1.29, 1.82) is 0 Å². The number of hydrogen-bond acceptors (Lipinski definition) is 2. The Morgan fingerprint density at radius 3 is 2.17 bits per heavy atom. The Hall–Kier alpha value is -2.55. The van der Waals surface area contributed by atoms with Gasteiger partial charge in [-0.2, -0.15) is 0 Å². The van der Waals surface area contributed by atoms with Crippen LogP contribution in [-0.2, 0) is 12.8 Å². The molecule has 0 unspecified atom stereocenters. The average molecular weight is 310 g/mol. The number of rotatable bonds is 5. The number of methoxy groups -OCH3 is 2. The van der Waals surface area contributed by atoms with Crippen LogP contribution >= 0.6 is 0 Å². The third kappa shape index (κ3) is 3.14.